The van der Waals surface area contributed by atoms with E-state index >= 15 is 0 Å². The molecule has 4 heteroatoms. The van der Waals surface area contributed by atoms with Gasteiger partial charge in [0.15, 0.2) is 11.6 Å². The Labute approximate surface area is 113 Å². The first-order valence-electron chi connectivity index (χ1n) is 6.28. The molecule has 19 heavy (non-hydrogen) atoms. The molecule has 0 unspecified atom stereocenters. The highest BCUT2D eigenvalue weighted by atomic mass is 16.5. The Bertz CT molecular complexity index is 529. The zero-order chi connectivity index (χ0) is 13.5. The molecule has 0 amide bonds. The van der Waals surface area contributed by atoms with Gasteiger partial charge in [-0.1, -0.05) is 12.1 Å². The van der Waals surface area contributed by atoms with Gasteiger partial charge < -0.3 is 15.2 Å². The largest absolute Gasteiger partial charge is 0.493 e. The van der Waals surface area contributed by atoms with E-state index < -0.39 is 0 Å². The number of rotatable bonds is 6. The molecule has 0 fully saturated rings. The lowest BCUT2D eigenvalue weighted by atomic mass is 10.2. The summed E-state index contributed by atoms with van der Waals surface area (Å²) >= 11 is 0. The maximum absolute atomic E-state index is 5.68. The molecule has 2 aromatic rings. The molecule has 0 saturated heterocycles. The number of aryl methyl sites for hydroxylation is 1. The van der Waals surface area contributed by atoms with Crippen LogP contribution in [-0.2, 0) is 0 Å². The zero-order valence-corrected chi connectivity index (χ0v) is 11.0. The molecule has 0 radical (unpaired) electrons. The number of aromatic nitrogens is 1. The van der Waals surface area contributed by atoms with Crippen molar-refractivity contribution in [1.29, 1.82) is 0 Å². The first-order chi connectivity index (χ1) is 9.25. The number of ether oxygens (including phenoxy) is 2. The molecular formula is C15H18N2O2. The number of hydrogen-bond donors (Lipinski definition) is 1. The second-order valence-electron chi connectivity index (χ2n) is 4.25. The molecule has 4 nitrogen and oxygen atoms in total. The third-order valence-corrected chi connectivity index (χ3v) is 2.60. The molecule has 2 rings (SSSR count). The van der Waals surface area contributed by atoms with E-state index in [1.54, 1.807) is 12.3 Å². The van der Waals surface area contributed by atoms with Gasteiger partial charge in [-0.15, -0.1) is 0 Å². The van der Waals surface area contributed by atoms with Gasteiger partial charge in [0.2, 0.25) is 0 Å². The standard InChI is InChI=1S/C15H18N2O2/c1-12-5-2-6-13(11-12)18-9-4-10-19-14-7-3-8-17-15(14)16/h2-3,5-8,11H,4,9-10H2,1H3,(H2,16,17). The summed E-state index contributed by atoms with van der Waals surface area (Å²) in [5.41, 5.74) is 6.87. The van der Waals surface area contributed by atoms with Crippen molar-refractivity contribution in [2.75, 3.05) is 18.9 Å². The normalized spacial score (nSPS) is 10.2. The SMILES string of the molecule is Cc1cccc(OCCCOc2cccnc2N)c1. The fraction of sp³-hybridized carbons (Fsp3) is 0.267. The molecule has 100 valence electrons. The highest BCUT2D eigenvalue weighted by molar-refractivity contribution is 5.44. The fourth-order valence-corrected chi connectivity index (χ4v) is 1.66. The first kappa shape index (κ1) is 13.2. The minimum absolute atomic E-state index is 0.419. The van der Waals surface area contributed by atoms with Gasteiger partial charge in [-0.25, -0.2) is 4.98 Å². The van der Waals surface area contributed by atoms with Crippen molar-refractivity contribution in [1.82, 2.24) is 4.98 Å². The van der Waals surface area contributed by atoms with Crippen LogP contribution >= 0.6 is 0 Å². The van der Waals surface area contributed by atoms with Gasteiger partial charge in [0, 0.05) is 12.6 Å². The lowest BCUT2D eigenvalue weighted by Gasteiger charge is -2.09. The first-order valence-corrected chi connectivity index (χ1v) is 6.28. The number of benzene rings is 1. The van der Waals surface area contributed by atoms with Gasteiger partial charge >= 0.3 is 0 Å². The number of nitrogens with zero attached hydrogens (tertiary/aromatic N) is 1. The van der Waals surface area contributed by atoms with Gasteiger partial charge in [0.25, 0.3) is 0 Å². The van der Waals surface area contributed by atoms with E-state index in [2.05, 4.69) is 4.98 Å². The van der Waals surface area contributed by atoms with Crippen LogP contribution in [0.25, 0.3) is 0 Å². The molecule has 0 bridgehead atoms. The molecule has 1 aromatic heterocycles. The number of nitrogen functional groups attached to an aromatic ring is 1. The van der Waals surface area contributed by atoms with Crippen LogP contribution in [0, 0.1) is 6.92 Å². The molecule has 0 atom stereocenters. The van der Waals surface area contributed by atoms with E-state index in [4.69, 9.17) is 15.2 Å². The zero-order valence-electron chi connectivity index (χ0n) is 11.0. The van der Waals surface area contributed by atoms with Crippen LogP contribution in [0.5, 0.6) is 11.5 Å². The van der Waals surface area contributed by atoms with Gasteiger partial charge in [0.1, 0.15) is 5.75 Å². The van der Waals surface area contributed by atoms with Crippen LogP contribution in [0.2, 0.25) is 0 Å². The Hall–Kier alpha value is -2.23. The van der Waals surface area contributed by atoms with Crippen LogP contribution < -0.4 is 15.2 Å². The van der Waals surface area contributed by atoms with E-state index in [0.29, 0.717) is 24.8 Å². The number of anilines is 1. The van der Waals surface area contributed by atoms with Crippen molar-refractivity contribution >= 4 is 5.82 Å². The monoisotopic (exact) mass is 258 g/mol. The van der Waals surface area contributed by atoms with E-state index in [1.807, 2.05) is 37.3 Å². The molecule has 1 aromatic carbocycles. The van der Waals surface area contributed by atoms with Crippen molar-refractivity contribution in [3.63, 3.8) is 0 Å². The molecular weight excluding hydrogens is 240 g/mol. The van der Waals surface area contributed by atoms with E-state index in [1.165, 1.54) is 5.56 Å². The minimum Gasteiger partial charge on any atom is -0.493 e. The van der Waals surface area contributed by atoms with Crippen molar-refractivity contribution in [2.45, 2.75) is 13.3 Å². The summed E-state index contributed by atoms with van der Waals surface area (Å²) in [5.74, 6) is 1.93. The van der Waals surface area contributed by atoms with Crippen LogP contribution in [0.1, 0.15) is 12.0 Å². The molecule has 0 aliphatic carbocycles. The highest BCUT2D eigenvalue weighted by Crippen LogP contribution is 2.17. The number of nitrogens with two attached hydrogens (primary N) is 1. The topological polar surface area (TPSA) is 57.4 Å². The Morgan fingerprint density at radius 1 is 1.11 bits per heavy atom. The average Bonchev–Trinajstić information content (AvgIpc) is 2.40. The lowest BCUT2D eigenvalue weighted by molar-refractivity contribution is 0.248. The Morgan fingerprint density at radius 3 is 2.74 bits per heavy atom. The van der Waals surface area contributed by atoms with Crippen molar-refractivity contribution < 1.29 is 9.47 Å². The summed E-state index contributed by atoms with van der Waals surface area (Å²) in [6, 6.07) is 11.6. The number of hydrogen-bond acceptors (Lipinski definition) is 4. The van der Waals surface area contributed by atoms with Crippen molar-refractivity contribution in [3.8, 4) is 11.5 Å². The summed E-state index contributed by atoms with van der Waals surface area (Å²) in [5, 5.41) is 0. The summed E-state index contributed by atoms with van der Waals surface area (Å²) in [4.78, 5) is 3.96. The van der Waals surface area contributed by atoms with E-state index in [-0.39, 0.29) is 0 Å². The molecule has 0 aliphatic rings. The van der Waals surface area contributed by atoms with E-state index in [0.717, 1.165) is 12.2 Å². The summed E-state index contributed by atoms with van der Waals surface area (Å²) in [7, 11) is 0. The molecule has 0 aliphatic heterocycles. The van der Waals surface area contributed by atoms with Crippen molar-refractivity contribution in [3.05, 3.63) is 48.2 Å². The highest BCUT2D eigenvalue weighted by Gasteiger charge is 1.99. The Kier molecular flexibility index (Phi) is 4.61. The fourth-order valence-electron chi connectivity index (χ4n) is 1.66. The predicted molar refractivity (Wildman–Crippen MR) is 75.4 cm³/mol. The van der Waals surface area contributed by atoms with Gasteiger partial charge in [-0.2, -0.15) is 0 Å². The average molecular weight is 258 g/mol. The summed E-state index contributed by atoms with van der Waals surface area (Å²) < 4.78 is 11.2. The smallest absolute Gasteiger partial charge is 0.166 e. The predicted octanol–water partition coefficient (Wildman–Crippen LogP) is 2.82. The molecule has 2 N–H and O–H groups in total. The third kappa shape index (κ3) is 4.17. The summed E-state index contributed by atoms with van der Waals surface area (Å²) in [6.45, 7) is 3.21. The van der Waals surface area contributed by atoms with Gasteiger partial charge in [-0.3, -0.25) is 0 Å². The van der Waals surface area contributed by atoms with Gasteiger partial charge in [0.05, 0.1) is 13.2 Å². The minimum atomic E-state index is 0.419. The number of pyridine rings is 1. The van der Waals surface area contributed by atoms with Crippen LogP contribution in [0.4, 0.5) is 5.82 Å². The maximum Gasteiger partial charge on any atom is 0.166 e. The van der Waals surface area contributed by atoms with E-state index in [9.17, 15) is 0 Å². The van der Waals surface area contributed by atoms with Crippen LogP contribution in [-0.4, -0.2) is 18.2 Å². The molecule has 1 heterocycles. The van der Waals surface area contributed by atoms with Crippen LogP contribution in [0.15, 0.2) is 42.6 Å². The second-order valence-corrected chi connectivity index (χ2v) is 4.25. The summed E-state index contributed by atoms with van der Waals surface area (Å²) in [6.07, 6.45) is 2.44. The Morgan fingerprint density at radius 2 is 1.95 bits per heavy atom. The molecule has 0 spiro atoms. The van der Waals surface area contributed by atoms with Gasteiger partial charge in [-0.05, 0) is 36.8 Å². The van der Waals surface area contributed by atoms with Crippen LogP contribution in [0.3, 0.4) is 0 Å². The third-order valence-electron chi connectivity index (χ3n) is 2.60. The second kappa shape index (κ2) is 6.64. The molecule has 0 saturated carbocycles. The van der Waals surface area contributed by atoms with Crippen molar-refractivity contribution in [2.24, 2.45) is 0 Å². The Balaban J connectivity index is 1.69. The lowest BCUT2D eigenvalue weighted by Crippen LogP contribution is -2.06. The quantitative estimate of drug-likeness (QED) is 0.809. The maximum atomic E-state index is 5.68.